The fourth-order valence-electron chi connectivity index (χ4n) is 2.99. The number of carbonyl (C=O) groups is 1. The Bertz CT molecular complexity index is 291. The van der Waals surface area contributed by atoms with Crippen molar-refractivity contribution >= 4 is 17.5 Å². The van der Waals surface area contributed by atoms with Gasteiger partial charge in [0.25, 0.3) is 0 Å². The van der Waals surface area contributed by atoms with Crippen molar-refractivity contribution in [3.63, 3.8) is 0 Å². The first-order valence-electron chi connectivity index (χ1n) is 6.07. The maximum atomic E-state index is 11.3. The van der Waals surface area contributed by atoms with Crippen molar-refractivity contribution in [3.8, 4) is 0 Å². The summed E-state index contributed by atoms with van der Waals surface area (Å²) in [6.07, 6.45) is 7.63. The van der Waals surface area contributed by atoms with Gasteiger partial charge in [0.2, 0.25) is 0 Å². The van der Waals surface area contributed by atoms with Crippen LogP contribution in [0.1, 0.15) is 47.0 Å². The molecule has 0 aromatic rings. The van der Waals surface area contributed by atoms with Crippen molar-refractivity contribution in [3.05, 3.63) is 11.6 Å². The molecule has 0 aromatic carbocycles. The Labute approximate surface area is 104 Å². The minimum atomic E-state index is 0.313. The molecule has 2 atom stereocenters. The monoisotopic (exact) mass is 240 g/mol. The average molecular weight is 240 g/mol. The van der Waals surface area contributed by atoms with Crippen LogP contribution in [0.3, 0.4) is 0 Å². The number of hydrogen-bond donors (Lipinski definition) is 0. The molecule has 0 aromatic heterocycles. The van der Waals surface area contributed by atoms with Crippen molar-refractivity contribution < 1.29 is 4.79 Å². The predicted molar refractivity (Wildman–Crippen MR) is 72.9 cm³/mol. The van der Waals surface area contributed by atoms with Crippen LogP contribution in [0.15, 0.2) is 11.6 Å². The lowest BCUT2D eigenvalue weighted by Crippen LogP contribution is -2.36. The van der Waals surface area contributed by atoms with E-state index < -0.39 is 0 Å². The van der Waals surface area contributed by atoms with Crippen LogP contribution >= 0.6 is 11.8 Å². The van der Waals surface area contributed by atoms with Gasteiger partial charge in [-0.2, -0.15) is 11.8 Å². The molecule has 1 nitrogen and oxygen atoms in total. The van der Waals surface area contributed by atoms with Gasteiger partial charge in [0, 0.05) is 11.7 Å². The van der Waals surface area contributed by atoms with Gasteiger partial charge in [-0.3, -0.25) is 4.79 Å². The Hall–Kier alpha value is -0.240. The van der Waals surface area contributed by atoms with E-state index in [0.29, 0.717) is 28.8 Å². The highest BCUT2D eigenvalue weighted by Crippen LogP contribution is 2.46. The van der Waals surface area contributed by atoms with E-state index in [9.17, 15) is 4.79 Å². The van der Waals surface area contributed by atoms with Crippen molar-refractivity contribution in [2.75, 3.05) is 6.26 Å². The minimum Gasteiger partial charge on any atom is -0.300 e. The molecule has 0 radical (unpaired) electrons. The molecule has 1 aliphatic carbocycles. The zero-order valence-electron chi connectivity index (χ0n) is 11.2. The van der Waals surface area contributed by atoms with Crippen LogP contribution < -0.4 is 0 Å². The number of thioether (sulfide) groups is 1. The van der Waals surface area contributed by atoms with E-state index in [1.54, 1.807) is 6.92 Å². The smallest absolute Gasteiger partial charge is 0.130 e. The molecule has 2 heteroatoms. The fraction of sp³-hybridized carbons (Fsp3) is 0.786. The maximum absolute atomic E-state index is 11.3. The van der Waals surface area contributed by atoms with E-state index in [2.05, 4.69) is 33.1 Å². The standard InChI is InChI=1S/C14H24OS/c1-10-7-6-8-14(3,4)13(10)12(16-5)9-11(2)15/h7,12-13H,6,8-9H2,1-5H3/t12?,13-/m1/s1. The average Bonchev–Trinajstić information content (AvgIpc) is 2.13. The van der Waals surface area contributed by atoms with Crippen molar-refractivity contribution in [1.82, 2.24) is 0 Å². The lowest BCUT2D eigenvalue weighted by Gasteiger charge is -2.42. The molecule has 0 saturated heterocycles. The molecule has 0 aliphatic heterocycles. The largest absolute Gasteiger partial charge is 0.300 e. The van der Waals surface area contributed by atoms with Crippen LogP contribution in [0.25, 0.3) is 0 Å². The Morgan fingerprint density at radius 3 is 2.69 bits per heavy atom. The molecular formula is C14H24OS. The third-order valence-electron chi connectivity index (χ3n) is 3.75. The van der Waals surface area contributed by atoms with Gasteiger partial charge >= 0.3 is 0 Å². The zero-order valence-corrected chi connectivity index (χ0v) is 12.0. The highest BCUT2D eigenvalue weighted by Gasteiger charge is 2.38. The Morgan fingerprint density at radius 2 is 2.25 bits per heavy atom. The number of allylic oxidation sites excluding steroid dienone is 2. The van der Waals surface area contributed by atoms with E-state index >= 15 is 0 Å². The molecule has 1 rings (SSSR count). The summed E-state index contributed by atoms with van der Waals surface area (Å²) in [6.45, 7) is 8.63. The number of hydrogen-bond acceptors (Lipinski definition) is 2. The maximum Gasteiger partial charge on any atom is 0.130 e. The van der Waals surface area contributed by atoms with Gasteiger partial charge in [-0.1, -0.05) is 25.5 Å². The minimum absolute atomic E-state index is 0.313. The molecule has 1 unspecified atom stereocenters. The van der Waals surface area contributed by atoms with Crippen LogP contribution in [0, 0.1) is 11.3 Å². The molecule has 0 saturated carbocycles. The second-order valence-corrected chi connectivity index (χ2v) is 6.71. The van der Waals surface area contributed by atoms with E-state index in [1.165, 1.54) is 18.4 Å². The van der Waals surface area contributed by atoms with Crippen LogP contribution in [-0.4, -0.2) is 17.3 Å². The lowest BCUT2D eigenvalue weighted by molar-refractivity contribution is -0.117. The number of Topliss-reactive ketones (excluding diaryl/α,β-unsaturated/α-hetero) is 1. The van der Waals surface area contributed by atoms with Gasteiger partial charge in [0.15, 0.2) is 0 Å². The van der Waals surface area contributed by atoms with Crippen molar-refractivity contribution in [2.45, 2.75) is 52.2 Å². The third-order valence-corrected chi connectivity index (χ3v) is 4.79. The molecule has 0 spiro atoms. The zero-order chi connectivity index (χ0) is 12.3. The molecule has 0 heterocycles. The predicted octanol–water partition coefficient (Wildman–Crippen LogP) is 4.08. The van der Waals surface area contributed by atoms with E-state index in [0.717, 1.165) is 0 Å². The first kappa shape index (κ1) is 13.8. The molecule has 0 fully saturated rings. The van der Waals surface area contributed by atoms with Gasteiger partial charge in [-0.15, -0.1) is 0 Å². The molecule has 0 N–H and O–H groups in total. The van der Waals surface area contributed by atoms with Gasteiger partial charge in [0.1, 0.15) is 5.78 Å². The summed E-state index contributed by atoms with van der Waals surface area (Å²) in [5, 5.41) is 0.448. The molecule has 16 heavy (non-hydrogen) atoms. The highest BCUT2D eigenvalue weighted by atomic mass is 32.2. The highest BCUT2D eigenvalue weighted by molar-refractivity contribution is 7.99. The second kappa shape index (κ2) is 5.39. The van der Waals surface area contributed by atoms with Crippen LogP contribution in [-0.2, 0) is 4.79 Å². The van der Waals surface area contributed by atoms with Crippen molar-refractivity contribution in [2.24, 2.45) is 11.3 Å². The molecule has 92 valence electrons. The summed E-state index contributed by atoms with van der Waals surface area (Å²) in [5.41, 5.74) is 1.82. The Balaban J connectivity index is 2.91. The number of carbonyl (C=O) groups excluding carboxylic acids is 1. The first-order valence-corrected chi connectivity index (χ1v) is 7.36. The summed E-state index contributed by atoms with van der Waals surface area (Å²) in [7, 11) is 0. The fourth-order valence-corrected chi connectivity index (χ4v) is 4.24. The summed E-state index contributed by atoms with van der Waals surface area (Å²) in [4.78, 5) is 11.3. The number of ketones is 1. The van der Waals surface area contributed by atoms with Gasteiger partial charge < -0.3 is 0 Å². The molecular weight excluding hydrogens is 216 g/mol. The summed E-state index contributed by atoms with van der Waals surface area (Å²) in [6, 6.07) is 0. The molecule has 0 bridgehead atoms. The summed E-state index contributed by atoms with van der Waals surface area (Å²) < 4.78 is 0. The Kier molecular flexibility index (Phi) is 4.66. The summed E-state index contributed by atoms with van der Waals surface area (Å²) >= 11 is 1.85. The van der Waals surface area contributed by atoms with E-state index in [-0.39, 0.29) is 0 Å². The lowest BCUT2D eigenvalue weighted by atomic mass is 9.66. The number of rotatable bonds is 4. The van der Waals surface area contributed by atoms with Crippen molar-refractivity contribution in [1.29, 1.82) is 0 Å². The van der Waals surface area contributed by atoms with Gasteiger partial charge in [-0.25, -0.2) is 0 Å². The topological polar surface area (TPSA) is 17.1 Å². The first-order chi connectivity index (χ1) is 7.38. The summed E-state index contributed by atoms with van der Waals surface area (Å²) in [5.74, 6) is 0.869. The second-order valence-electron chi connectivity index (χ2n) is 5.63. The third kappa shape index (κ3) is 3.13. The van der Waals surface area contributed by atoms with E-state index in [4.69, 9.17) is 0 Å². The molecule has 0 amide bonds. The van der Waals surface area contributed by atoms with Crippen LogP contribution in [0.2, 0.25) is 0 Å². The van der Waals surface area contributed by atoms with E-state index in [1.807, 2.05) is 11.8 Å². The quantitative estimate of drug-likeness (QED) is 0.689. The van der Waals surface area contributed by atoms with Crippen LogP contribution in [0.5, 0.6) is 0 Å². The normalized spacial score (nSPS) is 26.1. The van der Waals surface area contributed by atoms with Gasteiger partial charge in [0.05, 0.1) is 0 Å². The van der Waals surface area contributed by atoms with Crippen LogP contribution in [0.4, 0.5) is 0 Å². The molecule has 1 aliphatic rings. The van der Waals surface area contributed by atoms with Gasteiger partial charge in [-0.05, 0) is 44.3 Å². The Morgan fingerprint density at radius 1 is 1.62 bits per heavy atom. The SMILES string of the molecule is CSC(CC(C)=O)[C@H]1C(C)=CCCC1(C)C.